The van der Waals surface area contributed by atoms with Gasteiger partial charge in [-0.2, -0.15) is 13.2 Å². The first-order chi connectivity index (χ1) is 11.3. The van der Waals surface area contributed by atoms with Crippen LogP contribution in [-0.4, -0.2) is 53.9 Å². The van der Waals surface area contributed by atoms with Crippen molar-refractivity contribution in [3.8, 4) is 0 Å². The van der Waals surface area contributed by atoms with E-state index in [1.807, 2.05) is 30.3 Å². The highest BCUT2D eigenvalue weighted by molar-refractivity contribution is 5.89. The summed E-state index contributed by atoms with van der Waals surface area (Å²) in [6, 6.07) is 9.23. The fourth-order valence-corrected chi connectivity index (χ4v) is 3.74. The van der Waals surface area contributed by atoms with Crippen LogP contribution >= 0.6 is 0 Å². The molecule has 2 heterocycles. The van der Waals surface area contributed by atoms with Gasteiger partial charge in [0.15, 0.2) is 5.60 Å². The molecular formula is C17H21F3N2O2. The molecule has 2 saturated heterocycles. The number of aliphatic hydroxyl groups is 1. The molecule has 1 amide bonds. The average Bonchev–Trinajstić information content (AvgIpc) is 2.99. The summed E-state index contributed by atoms with van der Waals surface area (Å²) in [7, 11) is 0. The number of likely N-dealkylation sites (tertiary alicyclic amines) is 1. The number of rotatable bonds is 2. The second kappa shape index (κ2) is 6.04. The van der Waals surface area contributed by atoms with Crippen molar-refractivity contribution in [2.75, 3.05) is 26.2 Å². The standard InChI is InChI=1S/C17H21F3N2O2/c18-17(19,20)16(24)8-11-22(12-16)14(23)15(6-9-21-10-7-15)13-4-2-1-3-5-13/h1-5,21,24H,6-12H2. The van der Waals surface area contributed by atoms with E-state index in [2.05, 4.69) is 5.32 Å². The van der Waals surface area contributed by atoms with Gasteiger partial charge in [-0.3, -0.25) is 4.79 Å². The Labute approximate surface area is 138 Å². The predicted octanol–water partition coefficient (Wildman–Crippen LogP) is 1.83. The number of carbonyl (C=O) groups is 1. The van der Waals surface area contributed by atoms with Crippen molar-refractivity contribution in [1.29, 1.82) is 0 Å². The van der Waals surface area contributed by atoms with E-state index in [0.717, 1.165) is 5.56 Å². The number of nitrogens with one attached hydrogen (secondary N) is 1. The summed E-state index contributed by atoms with van der Waals surface area (Å²) in [6.07, 6.45) is -4.12. The van der Waals surface area contributed by atoms with Crippen molar-refractivity contribution in [2.45, 2.75) is 36.5 Å². The Morgan fingerprint density at radius 1 is 1.12 bits per heavy atom. The summed E-state index contributed by atoms with van der Waals surface area (Å²) in [5.74, 6) is -0.310. The Hall–Kier alpha value is -1.60. The Morgan fingerprint density at radius 2 is 1.75 bits per heavy atom. The van der Waals surface area contributed by atoms with Crippen LogP contribution in [0.3, 0.4) is 0 Å². The molecule has 2 aliphatic rings. The Balaban J connectivity index is 1.89. The number of amides is 1. The fraction of sp³-hybridized carbons (Fsp3) is 0.588. The van der Waals surface area contributed by atoms with Gasteiger partial charge in [0.2, 0.25) is 5.91 Å². The van der Waals surface area contributed by atoms with Crippen LogP contribution in [0.25, 0.3) is 0 Å². The summed E-state index contributed by atoms with van der Waals surface area (Å²) in [4.78, 5) is 14.3. The van der Waals surface area contributed by atoms with Crippen LogP contribution in [0.4, 0.5) is 13.2 Å². The van der Waals surface area contributed by atoms with E-state index >= 15 is 0 Å². The lowest BCUT2D eigenvalue weighted by atomic mass is 9.72. The lowest BCUT2D eigenvalue weighted by molar-refractivity contribution is -0.253. The van der Waals surface area contributed by atoms with Crippen molar-refractivity contribution in [3.05, 3.63) is 35.9 Å². The molecular weight excluding hydrogens is 321 g/mol. The van der Waals surface area contributed by atoms with Crippen molar-refractivity contribution in [2.24, 2.45) is 0 Å². The van der Waals surface area contributed by atoms with Crippen LogP contribution in [0.15, 0.2) is 30.3 Å². The number of benzene rings is 1. The number of hydrogen-bond donors (Lipinski definition) is 2. The van der Waals surface area contributed by atoms with E-state index in [-0.39, 0.29) is 12.5 Å². The van der Waals surface area contributed by atoms with Gasteiger partial charge in [-0.05, 0) is 31.5 Å². The summed E-state index contributed by atoms with van der Waals surface area (Å²) in [5.41, 5.74) is -2.78. The zero-order chi connectivity index (χ0) is 17.4. The number of alkyl halides is 3. The first-order valence-corrected chi connectivity index (χ1v) is 8.13. The molecule has 0 aromatic heterocycles. The lowest BCUT2D eigenvalue weighted by Crippen LogP contribution is -2.54. The minimum atomic E-state index is -4.73. The Morgan fingerprint density at radius 3 is 2.29 bits per heavy atom. The molecule has 1 unspecified atom stereocenters. The van der Waals surface area contributed by atoms with Gasteiger partial charge in [0, 0.05) is 13.0 Å². The van der Waals surface area contributed by atoms with Gasteiger partial charge in [-0.15, -0.1) is 0 Å². The van der Waals surface area contributed by atoms with Gasteiger partial charge < -0.3 is 15.3 Å². The first kappa shape index (κ1) is 17.2. The minimum Gasteiger partial charge on any atom is -0.379 e. The quantitative estimate of drug-likeness (QED) is 0.862. The molecule has 0 spiro atoms. The zero-order valence-corrected chi connectivity index (χ0v) is 13.3. The third kappa shape index (κ3) is 2.80. The molecule has 24 heavy (non-hydrogen) atoms. The number of halogens is 3. The molecule has 2 fully saturated rings. The van der Waals surface area contributed by atoms with Gasteiger partial charge in [0.05, 0.1) is 12.0 Å². The van der Waals surface area contributed by atoms with E-state index in [1.54, 1.807) is 0 Å². The van der Waals surface area contributed by atoms with Crippen molar-refractivity contribution >= 4 is 5.91 Å². The highest BCUT2D eigenvalue weighted by Gasteiger charge is 2.59. The number of piperidine rings is 1. The van der Waals surface area contributed by atoms with Crippen LogP contribution < -0.4 is 5.32 Å². The highest BCUT2D eigenvalue weighted by Crippen LogP contribution is 2.41. The van der Waals surface area contributed by atoms with E-state index in [1.165, 1.54) is 4.90 Å². The molecule has 2 aliphatic heterocycles. The third-order valence-corrected chi connectivity index (χ3v) is 5.26. The van der Waals surface area contributed by atoms with Gasteiger partial charge in [0.25, 0.3) is 0 Å². The second-order valence-electron chi connectivity index (χ2n) is 6.70. The third-order valence-electron chi connectivity index (χ3n) is 5.26. The van der Waals surface area contributed by atoms with Gasteiger partial charge in [0.1, 0.15) is 0 Å². The fourth-order valence-electron chi connectivity index (χ4n) is 3.74. The van der Waals surface area contributed by atoms with E-state index in [9.17, 15) is 23.1 Å². The zero-order valence-electron chi connectivity index (χ0n) is 13.3. The normalized spacial score (nSPS) is 27.2. The van der Waals surface area contributed by atoms with Crippen LogP contribution in [-0.2, 0) is 10.2 Å². The summed E-state index contributed by atoms with van der Waals surface area (Å²) in [5, 5.41) is 13.1. The van der Waals surface area contributed by atoms with Crippen molar-refractivity contribution in [1.82, 2.24) is 10.2 Å². The SMILES string of the molecule is O=C(N1CCC(O)(C(F)(F)F)C1)C1(c2ccccc2)CCNCC1. The van der Waals surface area contributed by atoms with E-state index in [0.29, 0.717) is 25.9 Å². The van der Waals surface area contributed by atoms with Crippen molar-refractivity contribution in [3.63, 3.8) is 0 Å². The molecule has 3 rings (SSSR count). The maximum Gasteiger partial charge on any atom is 0.419 e. The predicted molar refractivity (Wildman–Crippen MR) is 82.4 cm³/mol. The smallest absolute Gasteiger partial charge is 0.379 e. The molecule has 0 saturated carbocycles. The summed E-state index contributed by atoms with van der Waals surface area (Å²) >= 11 is 0. The number of hydrogen-bond acceptors (Lipinski definition) is 3. The van der Waals surface area contributed by atoms with Crippen molar-refractivity contribution < 1.29 is 23.1 Å². The Bertz CT molecular complexity index is 600. The van der Waals surface area contributed by atoms with Crippen LogP contribution in [0.5, 0.6) is 0 Å². The van der Waals surface area contributed by atoms with E-state index in [4.69, 9.17) is 0 Å². The molecule has 0 bridgehead atoms. The maximum absolute atomic E-state index is 13.2. The minimum absolute atomic E-state index is 0.0726. The maximum atomic E-state index is 13.2. The molecule has 7 heteroatoms. The second-order valence-corrected chi connectivity index (χ2v) is 6.70. The number of nitrogens with zero attached hydrogens (tertiary/aromatic N) is 1. The Kier molecular flexibility index (Phi) is 4.34. The van der Waals surface area contributed by atoms with Gasteiger partial charge >= 0.3 is 6.18 Å². The van der Waals surface area contributed by atoms with Gasteiger partial charge in [-0.25, -0.2) is 0 Å². The number of β-amino-alcohol motifs (C(OH)–C–C–N with tert-alkyl or cyclic N) is 1. The summed E-state index contributed by atoms with van der Waals surface area (Å²) < 4.78 is 39.1. The lowest BCUT2D eigenvalue weighted by Gasteiger charge is -2.39. The average molecular weight is 342 g/mol. The molecule has 1 aromatic carbocycles. The van der Waals surface area contributed by atoms with Crippen LogP contribution in [0, 0.1) is 0 Å². The molecule has 0 aliphatic carbocycles. The van der Waals surface area contributed by atoms with Crippen LogP contribution in [0.1, 0.15) is 24.8 Å². The molecule has 4 nitrogen and oxygen atoms in total. The molecule has 1 aromatic rings. The highest BCUT2D eigenvalue weighted by atomic mass is 19.4. The molecule has 2 N–H and O–H groups in total. The first-order valence-electron chi connectivity index (χ1n) is 8.13. The molecule has 132 valence electrons. The summed E-state index contributed by atoms with van der Waals surface area (Å²) in [6.45, 7) is 0.518. The van der Waals surface area contributed by atoms with Crippen LogP contribution in [0.2, 0.25) is 0 Å². The molecule has 0 radical (unpaired) electrons. The van der Waals surface area contributed by atoms with Gasteiger partial charge in [-0.1, -0.05) is 30.3 Å². The van der Waals surface area contributed by atoms with E-state index < -0.39 is 30.2 Å². The monoisotopic (exact) mass is 342 g/mol. The molecule has 1 atom stereocenters. The number of carbonyl (C=O) groups excluding carboxylic acids is 1. The topological polar surface area (TPSA) is 52.6 Å². The largest absolute Gasteiger partial charge is 0.419 e.